The molecule has 0 amide bonds. The smallest absolute Gasteiger partial charge is 0.170 e. The van der Waals surface area contributed by atoms with Gasteiger partial charge in [-0.05, 0) is 33.5 Å². The quantitative estimate of drug-likeness (QED) is 0.439. The van der Waals surface area contributed by atoms with Crippen molar-refractivity contribution in [2.45, 2.75) is 25.3 Å². The monoisotopic (exact) mass is 168 g/mol. The van der Waals surface area contributed by atoms with Gasteiger partial charge in [0.05, 0.1) is 11.7 Å². The summed E-state index contributed by atoms with van der Waals surface area (Å²) in [7, 11) is 9.05. The number of unbranched alkanes of at least 4 members (excludes halogenated alkanes) is 1. The number of carbonyl (C=O) groups is 1. The number of nitrogens with two attached hydrogens (primary N) is 1. The van der Waals surface area contributed by atoms with Crippen LogP contribution in [0.2, 0.25) is 0 Å². The first-order valence-corrected chi connectivity index (χ1v) is 4.23. The summed E-state index contributed by atoms with van der Waals surface area (Å²) in [6.45, 7) is 1.03. The molecule has 0 heterocycles. The van der Waals surface area contributed by atoms with Crippen molar-refractivity contribution in [1.29, 1.82) is 0 Å². The van der Waals surface area contributed by atoms with Crippen molar-refractivity contribution in [3.05, 3.63) is 0 Å². The molecule has 3 nitrogen and oxygen atoms in total. The third kappa shape index (κ3) is 6.37. The average Bonchev–Trinajstić information content (AvgIpc) is 1.97. The van der Waals surface area contributed by atoms with Gasteiger partial charge in [-0.15, -0.1) is 0 Å². The largest absolute Gasteiger partial charge is 0.322 e. The maximum atomic E-state index is 10.5. The van der Waals surface area contributed by atoms with E-state index in [0.717, 1.165) is 19.4 Å². The molecule has 0 saturated heterocycles. The van der Waals surface area contributed by atoms with Crippen molar-refractivity contribution >= 4 is 13.5 Å². The third-order valence-corrected chi connectivity index (χ3v) is 1.74. The minimum Gasteiger partial charge on any atom is -0.322 e. The van der Waals surface area contributed by atoms with Crippen LogP contribution in [0.25, 0.3) is 0 Å². The second kappa shape index (κ2) is 6.20. The van der Waals surface area contributed by atoms with Gasteiger partial charge >= 0.3 is 0 Å². The lowest BCUT2D eigenvalue weighted by molar-refractivity contribution is -0.113. The van der Waals surface area contributed by atoms with Gasteiger partial charge in [0, 0.05) is 0 Å². The molecule has 0 aromatic carbocycles. The van der Waals surface area contributed by atoms with Crippen LogP contribution in [0.3, 0.4) is 0 Å². The molecule has 0 unspecified atom stereocenters. The van der Waals surface area contributed by atoms with Crippen LogP contribution < -0.4 is 5.73 Å². The zero-order valence-electron chi connectivity index (χ0n) is 7.92. The molecule has 12 heavy (non-hydrogen) atoms. The maximum absolute atomic E-state index is 10.5. The van der Waals surface area contributed by atoms with Crippen molar-refractivity contribution in [3.8, 4) is 0 Å². The molecule has 4 heteroatoms. The summed E-state index contributed by atoms with van der Waals surface area (Å²) in [5, 5.41) is 0. The fraction of sp³-hybridized carbons (Fsp3) is 0.875. The Bertz CT molecular complexity index is 139. The molecule has 1 atom stereocenters. The van der Waals surface area contributed by atoms with E-state index in [-0.39, 0.29) is 0 Å². The summed E-state index contributed by atoms with van der Waals surface area (Å²) >= 11 is 0. The van der Waals surface area contributed by atoms with E-state index in [1.54, 1.807) is 0 Å². The summed E-state index contributed by atoms with van der Waals surface area (Å²) in [5.41, 5.74) is 5.04. The second-order valence-corrected chi connectivity index (χ2v) is 3.31. The summed E-state index contributed by atoms with van der Waals surface area (Å²) in [6, 6.07) is -0.466. The predicted octanol–water partition coefficient (Wildman–Crippen LogP) is -0.259. The van der Waals surface area contributed by atoms with E-state index in [1.165, 1.54) is 0 Å². The van der Waals surface area contributed by atoms with Gasteiger partial charge in [-0.3, -0.25) is 0 Å². The van der Waals surface area contributed by atoms with E-state index in [4.69, 9.17) is 13.6 Å². The van der Waals surface area contributed by atoms with Crippen molar-refractivity contribution < 1.29 is 4.79 Å². The normalized spacial score (nSPS) is 13.3. The Labute approximate surface area is 75.7 Å². The second-order valence-electron chi connectivity index (χ2n) is 3.31. The molecule has 0 spiro atoms. The van der Waals surface area contributed by atoms with Gasteiger partial charge in [-0.2, -0.15) is 0 Å². The fourth-order valence-electron chi connectivity index (χ4n) is 0.935. The zero-order chi connectivity index (χ0) is 9.56. The molecule has 0 aliphatic rings. The lowest BCUT2D eigenvalue weighted by atomic mass is 9.92. The van der Waals surface area contributed by atoms with E-state index in [9.17, 15) is 4.79 Å². The van der Waals surface area contributed by atoms with Crippen LogP contribution in [0.5, 0.6) is 0 Å². The number of hydrogen-bond donors (Lipinski definition) is 1. The Balaban J connectivity index is 3.25. The molecule has 0 aromatic rings. The standard InChI is InChI=1S/C8H17BN2O/c1-11(2)6-4-3-5-7(10)8(9)12/h7H,3-6,10H2,1-2H3/t7-/m0/s1. The Hall–Kier alpha value is -0.345. The molecular weight excluding hydrogens is 151 g/mol. The van der Waals surface area contributed by atoms with Crippen molar-refractivity contribution in [3.63, 3.8) is 0 Å². The van der Waals surface area contributed by atoms with E-state index in [0.29, 0.717) is 6.42 Å². The van der Waals surface area contributed by atoms with Gasteiger partial charge in [0.1, 0.15) is 0 Å². The molecule has 68 valence electrons. The summed E-state index contributed by atoms with van der Waals surface area (Å²) < 4.78 is 0. The highest BCUT2D eigenvalue weighted by atomic mass is 16.1. The zero-order valence-corrected chi connectivity index (χ0v) is 7.92. The molecule has 0 rings (SSSR count). The van der Waals surface area contributed by atoms with Crippen molar-refractivity contribution in [2.24, 2.45) is 5.73 Å². The number of rotatable bonds is 6. The Morgan fingerprint density at radius 3 is 2.50 bits per heavy atom. The van der Waals surface area contributed by atoms with Crippen molar-refractivity contribution in [1.82, 2.24) is 4.90 Å². The van der Waals surface area contributed by atoms with Crippen LogP contribution in [0.15, 0.2) is 0 Å². The van der Waals surface area contributed by atoms with Gasteiger partial charge < -0.3 is 15.4 Å². The highest BCUT2D eigenvalue weighted by Crippen LogP contribution is 1.99. The number of hydrogen-bond acceptors (Lipinski definition) is 3. The van der Waals surface area contributed by atoms with E-state index < -0.39 is 11.7 Å². The lowest BCUT2D eigenvalue weighted by Gasteiger charge is -2.10. The van der Waals surface area contributed by atoms with Gasteiger partial charge in [0.15, 0.2) is 7.85 Å². The predicted molar refractivity (Wildman–Crippen MR) is 51.1 cm³/mol. The minimum atomic E-state index is -0.466. The fourth-order valence-corrected chi connectivity index (χ4v) is 0.935. The molecule has 0 bridgehead atoms. The summed E-state index contributed by atoms with van der Waals surface area (Å²) in [5.74, 6) is 0. The van der Waals surface area contributed by atoms with E-state index in [1.807, 2.05) is 14.1 Å². The Morgan fingerprint density at radius 2 is 2.08 bits per heavy atom. The molecular formula is C8H17BN2O. The van der Waals surface area contributed by atoms with Gasteiger partial charge in [-0.25, -0.2) is 0 Å². The molecule has 0 saturated carbocycles. The average molecular weight is 168 g/mol. The van der Waals surface area contributed by atoms with Crippen LogP contribution in [-0.4, -0.2) is 45.1 Å². The Kier molecular flexibility index (Phi) is 6.02. The molecule has 0 aliphatic heterocycles. The SMILES string of the molecule is [B]C(=O)[C@@H](N)CCCCN(C)C. The first-order valence-electron chi connectivity index (χ1n) is 4.23. The number of nitrogens with zero attached hydrogens (tertiary/aromatic N) is 1. The summed E-state index contributed by atoms with van der Waals surface area (Å²) in [6.07, 6.45) is 2.72. The Morgan fingerprint density at radius 1 is 1.50 bits per heavy atom. The maximum Gasteiger partial charge on any atom is 0.170 e. The first kappa shape index (κ1) is 11.7. The van der Waals surface area contributed by atoms with Gasteiger partial charge in [-0.1, -0.05) is 6.42 Å². The summed E-state index contributed by atoms with van der Waals surface area (Å²) in [4.78, 5) is 12.6. The van der Waals surface area contributed by atoms with Crippen LogP contribution in [0, 0.1) is 0 Å². The molecule has 0 aliphatic carbocycles. The molecule has 0 fully saturated rings. The van der Waals surface area contributed by atoms with E-state index in [2.05, 4.69) is 4.90 Å². The topological polar surface area (TPSA) is 46.3 Å². The van der Waals surface area contributed by atoms with Gasteiger partial charge in [0.25, 0.3) is 0 Å². The molecule has 2 radical (unpaired) electrons. The third-order valence-electron chi connectivity index (χ3n) is 1.74. The lowest BCUT2D eigenvalue weighted by Crippen LogP contribution is -2.30. The first-order chi connectivity index (χ1) is 5.54. The van der Waals surface area contributed by atoms with Crippen LogP contribution in [-0.2, 0) is 4.79 Å². The van der Waals surface area contributed by atoms with Crippen molar-refractivity contribution in [2.75, 3.05) is 20.6 Å². The highest BCUT2D eigenvalue weighted by molar-refractivity contribution is 6.59. The van der Waals surface area contributed by atoms with Crippen LogP contribution in [0.1, 0.15) is 19.3 Å². The van der Waals surface area contributed by atoms with Crippen LogP contribution >= 0.6 is 0 Å². The molecule has 2 N–H and O–H groups in total. The van der Waals surface area contributed by atoms with E-state index >= 15 is 0 Å². The van der Waals surface area contributed by atoms with Gasteiger partial charge in [0.2, 0.25) is 0 Å². The minimum absolute atomic E-state index is 0.403. The highest BCUT2D eigenvalue weighted by Gasteiger charge is 2.05. The molecule has 0 aromatic heterocycles. The van der Waals surface area contributed by atoms with Crippen LogP contribution in [0.4, 0.5) is 0 Å². The number of carbonyl (C=O) groups excluding carboxylic acids is 1.